The summed E-state index contributed by atoms with van der Waals surface area (Å²) in [7, 11) is 0. The van der Waals surface area contributed by atoms with Crippen molar-refractivity contribution in [1.82, 2.24) is 9.55 Å². The smallest absolute Gasteiger partial charge is 0.316 e. The number of anilines is 1. The molecule has 7 heteroatoms. The van der Waals surface area contributed by atoms with Gasteiger partial charge in [-0.2, -0.15) is 0 Å². The average Bonchev–Trinajstić information content (AvgIpc) is 2.57. The lowest BCUT2D eigenvalue weighted by Crippen LogP contribution is -2.36. The number of aryl methyl sites for hydroxylation is 1. The van der Waals surface area contributed by atoms with Crippen molar-refractivity contribution in [2.75, 3.05) is 5.32 Å². The van der Waals surface area contributed by atoms with Crippen LogP contribution in [0.5, 0.6) is 0 Å². The quantitative estimate of drug-likeness (QED) is 0.723. The predicted molar refractivity (Wildman–Crippen MR) is 88.9 cm³/mol. The lowest BCUT2D eigenvalue weighted by atomic mass is 10.1. The number of nitrogens with one attached hydrogen (secondary N) is 2. The van der Waals surface area contributed by atoms with Gasteiger partial charge in [-0.05, 0) is 37.3 Å². The van der Waals surface area contributed by atoms with E-state index in [1.54, 1.807) is 19.1 Å². The first-order valence-corrected chi connectivity index (χ1v) is 7.34. The topological polar surface area (TPSA) is 84.0 Å². The molecule has 0 saturated heterocycles. The molecule has 2 aromatic carbocycles. The first-order valence-electron chi connectivity index (χ1n) is 7.34. The summed E-state index contributed by atoms with van der Waals surface area (Å²) in [4.78, 5) is 38.2. The van der Waals surface area contributed by atoms with Crippen LogP contribution in [0.3, 0.4) is 0 Å². The fraction of sp³-hybridized carbons (Fsp3) is 0.118. The summed E-state index contributed by atoms with van der Waals surface area (Å²) in [5, 5.41) is 2.47. The van der Waals surface area contributed by atoms with Gasteiger partial charge in [0, 0.05) is 12.1 Å². The standard InChI is InChI=1S/C17H14FN3O3/c1-2-21-14-8-7-10(9-13(14)20-16(23)17(21)24)15(22)19-12-6-4-3-5-11(12)18/h3-9H,2H2,1H3,(H,19,22)(H,20,23). The first-order chi connectivity index (χ1) is 11.5. The molecule has 1 heterocycles. The number of benzene rings is 2. The number of rotatable bonds is 3. The van der Waals surface area contributed by atoms with Gasteiger partial charge >= 0.3 is 11.1 Å². The highest BCUT2D eigenvalue weighted by molar-refractivity contribution is 6.05. The van der Waals surface area contributed by atoms with Crippen LogP contribution in [-0.4, -0.2) is 15.5 Å². The van der Waals surface area contributed by atoms with E-state index in [0.29, 0.717) is 17.6 Å². The number of hydrogen-bond donors (Lipinski definition) is 2. The third kappa shape index (κ3) is 2.71. The van der Waals surface area contributed by atoms with Crippen molar-refractivity contribution >= 4 is 22.6 Å². The highest BCUT2D eigenvalue weighted by atomic mass is 19.1. The molecule has 2 N–H and O–H groups in total. The van der Waals surface area contributed by atoms with Gasteiger partial charge in [0.1, 0.15) is 5.82 Å². The van der Waals surface area contributed by atoms with Crippen LogP contribution in [0.4, 0.5) is 10.1 Å². The molecule has 0 fully saturated rings. The molecule has 0 aliphatic rings. The number of carbonyl (C=O) groups excluding carboxylic acids is 1. The first kappa shape index (κ1) is 15.7. The van der Waals surface area contributed by atoms with Gasteiger partial charge in [0.15, 0.2) is 0 Å². The maximum Gasteiger partial charge on any atom is 0.316 e. The van der Waals surface area contributed by atoms with Crippen LogP contribution in [-0.2, 0) is 6.54 Å². The van der Waals surface area contributed by atoms with Gasteiger partial charge in [0.05, 0.1) is 16.7 Å². The van der Waals surface area contributed by atoms with Gasteiger partial charge in [-0.15, -0.1) is 0 Å². The van der Waals surface area contributed by atoms with E-state index in [-0.39, 0.29) is 11.3 Å². The van der Waals surface area contributed by atoms with Crippen LogP contribution in [0.15, 0.2) is 52.1 Å². The number of carbonyl (C=O) groups is 1. The third-order valence-corrected chi connectivity index (χ3v) is 3.68. The molecule has 0 saturated carbocycles. The highest BCUT2D eigenvalue weighted by Crippen LogP contribution is 2.16. The van der Waals surface area contributed by atoms with Gasteiger partial charge in [0.25, 0.3) is 5.91 Å². The van der Waals surface area contributed by atoms with Crippen molar-refractivity contribution in [2.45, 2.75) is 13.5 Å². The molecule has 3 aromatic rings. The number of nitrogens with zero attached hydrogens (tertiary/aromatic N) is 1. The summed E-state index contributed by atoms with van der Waals surface area (Å²) >= 11 is 0. The monoisotopic (exact) mass is 327 g/mol. The Hall–Kier alpha value is -3.22. The Kier molecular flexibility index (Phi) is 3.99. The Morgan fingerprint density at radius 1 is 1.21 bits per heavy atom. The molecule has 0 spiro atoms. The normalized spacial score (nSPS) is 10.8. The number of hydrogen-bond acceptors (Lipinski definition) is 3. The molecule has 24 heavy (non-hydrogen) atoms. The fourth-order valence-electron chi connectivity index (χ4n) is 2.49. The van der Waals surface area contributed by atoms with E-state index < -0.39 is 22.8 Å². The summed E-state index contributed by atoms with van der Waals surface area (Å²) in [5.41, 5.74) is -0.214. The van der Waals surface area contributed by atoms with E-state index in [9.17, 15) is 18.8 Å². The molecule has 0 bridgehead atoms. The number of fused-ring (bicyclic) bond motifs is 1. The van der Waals surface area contributed by atoms with Crippen LogP contribution in [0.1, 0.15) is 17.3 Å². The molecule has 0 aliphatic carbocycles. The SMILES string of the molecule is CCn1c(=O)c(=O)[nH]c2cc(C(=O)Nc3ccccc3F)ccc21. The number of H-pyrrole nitrogens is 1. The molecule has 0 aliphatic heterocycles. The zero-order valence-electron chi connectivity index (χ0n) is 12.8. The maximum absolute atomic E-state index is 13.6. The minimum Gasteiger partial charge on any atom is -0.319 e. The van der Waals surface area contributed by atoms with E-state index in [2.05, 4.69) is 10.3 Å². The molecule has 0 atom stereocenters. The molecule has 1 amide bonds. The number of amides is 1. The van der Waals surface area contributed by atoms with Gasteiger partial charge in [-0.25, -0.2) is 4.39 Å². The molecule has 3 rings (SSSR count). The minimum atomic E-state index is -0.754. The minimum absolute atomic E-state index is 0.0645. The molecule has 0 radical (unpaired) electrons. The second-order valence-electron chi connectivity index (χ2n) is 5.17. The van der Waals surface area contributed by atoms with Crippen LogP contribution >= 0.6 is 0 Å². The van der Waals surface area contributed by atoms with Gasteiger partial charge in [-0.1, -0.05) is 12.1 Å². The van der Waals surface area contributed by atoms with Crippen LogP contribution in [0, 0.1) is 5.82 Å². The Balaban J connectivity index is 2.04. The van der Waals surface area contributed by atoms with Gasteiger partial charge < -0.3 is 14.9 Å². The van der Waals surface area contributed by atoms with Crippen molar-refractivity contribution in [1.29, 1.82) is 0 Å². The average molecular weight is 327 g/mol. The fourth-order valence-corrected chi connectivity index (χ4v) is 2.49. The predicted octanol–water partition coefficient (Wildman–Crippen LogP) is 2.10. The molecular formula is C17H14FN3O3. The van der Waals surface area contributed by atoms with E-state index in [0.717, 1.165) is 0 Å². The van der Waals surface area contributed by atoms with E-state index >= 15 is 0 Å². The summed E-state index contributed by atoms with van der Waals surface area (Å²) in [6.07, 6.45) is 0. The molecule has 1 aromatic heterocycles. The van der Waals surface area contributed by atoms with Crippen LogP contribution < -0.4 is 16.4 Å². The number of aromatic amines is 1. The van der Waals surface area contributed by atoms with E-state index in [1.807, 2.05) is 0 Å². The Labute approximate surface area is 135 Å². The lowest BCUT2D eigenvalue weighted by Gasteiger charge is -2.09. The molecule has 0 unspecified atom stereocenters. The molecule has 122 valence electrons. The summed E-state index contributed by atoms with van der Waals surface area (Å²) in [5.74, 6) is -1.06. The van der Waals surface area contributed by atoms with Crippen LogP contribution in [0.25, 0.3) is 11.0 Å². The number of aromatic nitrogens is 2. The van der Waals surface area contributed by atoms with Gasteiger partial charge in [-0.3, -0.25) is 14.4 Å². The summed E-state index contributed by atoms with van der Waals surface area (Å²) < 4.78 is 14.9. The van der Waals surface area contributed by atoms with E-state index in [4.69, 9.17) is 0 Å². The van der Waals surface area contributed by atoms with Crippen LogP contribution in [0.2, 0.25) is 0 Å². The molecular weight excluding hydrogens is 313 g/mol. The zero-order valence-corrected chi connectivity index (χ0v) is 12.8. The van der Waals surface area contributed by atoms with E-state index in [1.165, 1.54) is 34.9 Å². The highest BCUT2D eigenvalue weighted by Gasteiger charge is 2.12. The number of para-hydroxylation sites is 1. The Bertz CT molecular complexity index is 1050. The molecule has 6 nitrogen and oxygen atoms in total. The maximum atomic E-state index is 13.6. The third-order valence-electron chi connectivity index (χ3n) is 3.68. The largest absolute Gasteiger partial charge is 0.319 e. The van der Waals surface area contributed by atoms with Crippen molar-refractivity contribution in [3.05, 3.63) is 74.6 Å². The zero-order chi connectivity index (χ0) is 17.3. The van der Waals surface area contributed by atoms with Crippen molar-refractivity contribution in [3.8, 4) is 0 Å². The van der Waals surface area contributed by atoms with Crippen molar-refractivity contribution < 1.29 is 9.18 Å². The second-order valence-corrected chi connectivity index (χ2v) is 5.17. The summed E-state index contributed by atoms with van der Waals surface area (Å²) in [6, 6.07) is 10.4. The summed E-state index contributed by atoms with van der Waals surface area (Å²) in [6.45, 7) is 2.08. The van der Waals surface area contributed by atoms with Gasteiger partial charge in [0.2, 0.25) is 0 Å². The van der Waals surface area contributed by atoms with Crippen molar-refractivity contribution in [2.24, 2.45) is 0 Å². The van der Waals surface area contributed by atoms with Crippen molar-refractivity contribution in [3.63, 3.8) is 0 Å². The Morgan fingerprint density at radius 3 is 2.67 bits per heavy atom. The Morgan fingerprint density at radius 2 is 1.96 bits per heavy atom. The second kappa shape index (κ2) is 6.11. The lowest BCUT2D eigenvalue weighted by molar-refractivity contribution is 0.102. The number of halogens is 1.